The van der Waals surface area contributed by atoms with Crippen LogP contribution in [0.5, 0.6) is 0 Å². The summed E-state index contributed by atoms with van der Waals surface area (Å²) in [5.74, 6) is -0.207. The van der Waals surface area contributed by atoms with Crippen LogP contribution in [0, 0.1) is 5.41 Å². The number of esters is 1. The Kier molecular flexibility index (Phi) is 2.96. The van der Waals surface area contributed by atoms with Crippen molar-refractivity contribution in [3.8, 4) is 0 Å². The molecule has 76 valence electrons. The summed E-state index contributed by atoms with van der Waals surface area (Å²) in [4.78, 5) is 11.3. The minimum Gasteiger partial charge on any atom is -0.433 e. The lowest BCUT2D eigenvalue weighted by Crippen LogP contribution is -2.27. The van der Waals surface area contributed by atoms with Gasteiger partial charge in [-0.2, -0.15) is 0 Å². The number of ether oxygens (including phenoxy) is 2. The molecule has 3 nitrogen and oxygen atoms in total. The number of rotatable bonds is 2. The molecule has 1 aliphatic heterocycles. The summed E-state index contributed by atoms with van der Waals surface area (Å²) in [6.07, 6.45) is 0.980. The predicted molar refractivity (Wildman–Crippen MR) is 49.1 cm³/mol. The van der Waals surface area contributed by atoms with Crippen LogP contribution in [0.25, 0.3) is 0 Å². The molecule has 0 aromatic rings. The molecule has 0 spiro atoms. The molecule has 1 aliphatic rings. The topological polar surface area (TPSA) is 35.5 Å². The van der Waals surface area contributed by atoms with Crippen LogP contribution in [-0.4, -0.2) is 18.4 Å². The summed E-state index contributed by atoms with van der Waals surface area (Å²) in [5, 5.41) is 0. The highest BCUT2D eigenvalue weighted by Gasteiger charge is 2.40. The van der Waals surface area contributed by atoms with Gasteiger partial charge in [-0.15, -0.1) is 0 Å². The minimum absolute atomic E-state index is 0.127. The van der Waals surface area contributed by atoms with E-state index >= 15 is 0 Å². The van der Waals surface area contributed by atoms with E-state index in [1.54, 1.807) is 0 Å². The third-order valence-corrected chi connectivity index (χ3v) is 2.03. The van der Waals surface area contributed by atoms with Crippen LogP contribution in [0.15, 0.2) is 0 Å². The van der Waals surface area contributed by atoms with E-state index in [2.05, 4.69) is 0 Å². The zero-order valence-electron chi connectivity index (χ0n) is 8.79. The summed E-state index contributed by atoms with van der Waals surface area (Å²) in [6.45, 7) is 8.03. The molecule has 0 aromatic heterocycles. The number of carbonyl (C=O) groups excluding carboxylic acids is 1. The minimum atomic E-state index is -0.378. The summed E-state index contributed by atoms with van der Waals surface area (Å²) >= 11 is 0. The first-order valence-electron chi connectivity index (χ1n) is 4.81. The van der Waals surface area contributed by atoms with Gasteiger partial charge >= 0.3 is 5.97 Å². The van der Waals surface area contributed by atoms with E-state index in [4.69, 9.17) is 9.47 Å². The quantitative estimate of drug-likeness (QED) is 0.619. The molecule has 0 aromatic carbocycles. The highest BCUT2D eigenvalue weighted by Crippen LogP contribution is 2.30. The lowest BCUT2D eigenvalue weighted by molar-refractivity contribution is -0.154. The molecule has 1 rings (SSSR count). The number of hydrogen-bond donors (Lipinski definition) is 0. The van der Waals surface area contributed by atoms with Gasteiger partial charge in [-0.05, 0) is 6.42 Å². The predicted octanol–water partition coefficient (Wildman–Crippen LogP) is 2.10. The van der Waals surface area contributed by atoms with E-state index in [0.29, 0.717) is 0 Å². The van der Waals surface area contributed by atoms with Crippen molar-refractivity contribution in [3.05, 3.63) is 0 Å². The first kappa shape index (κ1) is 10.5. The second-order valence-corrected chi connectivity index (χ2v) is 4.55. The third-order valence-electron chi connectivity index (χ3n) is 2.03. The van der Waals surface area contributed by atoms with Gasteiger partial charge in [-0.25, -0.2) is 4.79 Å². The van der Waals surface area contributed by atoms with Crippen LogP contribution in [0.1, 0.15) is 40.5 Å². The average molecular weight is 186 g/mol. The molecular formula is C10H18O3. The Labute approximate surface area is 79.4 Å². The van der Waals surface area contributed by atoms with E-state index in [0.717, 1.165) is 12.8 Å². The van der Waals surface area contributed by atoms with Crippen molar-refractivity contribution in [3.63, 3.8) is 0 Å². The molecule has 3 heteroatoms. The Bertz CT molecular complexity index is 193. The van der Waals surface area contributed by atoms with Crippen molar-refractivity contribution in [2.24, 2.45) is 5.41 Å². The van der Waals surface area contributed by atoms with Crippen molar-refractivity contribution < 1.29 is 14.3 Å². The smallest absolute Gasteiger partial charge is 0.337 e. The van der Waals surface area contributed by atoms with Gasteiger partial charge in [0.25, 0.3) is 0 Å². The Morgan fingerprint density at radius 1 is 1.38 bits per heavy atom. The van der Waals surface area contributed by atoms with Crippen LogP contribution in [0.3, 0.4) is 0 Å². The fraction of sp³-hybridized carbons (Fsp3) is 0.900. The van der Waals surface area contributed by atoms with Gasteiger partial charge in [0.15, 0.2) is 6.10 Å². The normalized spacial score (nSPS) is 29.1. The number of cyclic esters (lactones) is 1. The van der Waals surface area contributed by atoms with E-state index in [1.807, 2.05) is 27.7 Å². The molecule has 0 bridgehead atoms. The number of hydrogen-bond acceptors (Lipinski definition) is 3. The fourth-order valence-electron chi connectivity index (χ4n) is 1.24. The van der Waals surface area contributed by atoms with Gasteiger partial charge in [-0.1, -0.05) is 34.1 Å². The standard InChI is InChI=1S/C10H18O3/c1-5-6-7-8(11)13-9(12-7)10(2,3)4/h7,9H,5-6H2,1-4H3. The molecule has 13 heavy (non-hydrogen) atoms. The maximum Gasteiger partial charge on any atom is 0.337 e. The van der Waals surface area contributed by atoms with Gasteiger partial charge in [0.2, 0.25) is 6.29 Å². The van der Waals surface area contributed by atoms with Gasteiger partial charge in [-0.3, -0.25) is 0 Å². The average Bonchev–Trinajstić information content (AvgIpc) is 2.32. The molecule has 0 amide bonds. The summed E-state index contributed by atoms with van der Waals surface area (Å²) in [7, 11) is 0. The highest BCUT2D eigenvalue weighted by atomic mass is 16.8. The zero-order valence-corrected chi connectivity index (χ0v) is 8.79. The van der Waals surface area contributed by atoms with Crippen molar-refractivity contribution in [1.29, 1.82) is 0 Å². The molecule has 0 saturated carbocycles. The molecule has 2 unspecified atom stereocenters. The summed E-state index contributed by atoms with van der Waals surface area (Å²) in [5.41, 5.74) is -0.127. The third kappa shape index (κ3) is 2.44. The monoisotopic (exact) mass is 186 g/mol. The van der Waals surface area contributed by atoms with E-state index in [-0.39, 0.29) is 23.8 Å². The molecule has 0 radical (unpaired) electrons. The van der Waals surface area contributed by atoms with E-state index in [9.17, 15) is 4.79 Å². The van der Waals surface area contributed by atoms with Crippen LogP contribution in [-0.2, 0) is 14.3 Å². The maximum absolute atomic E-state index is 11.3. The molecule has 0 N–H and O–H groups in total. The van der Waals surface area contributed by atoms with Crippen molar-refractivity contribution in [2.75, 3.05) is 0 Å². The Morgan fingerprint density at radius 3 is 2.38 bits per heavy atom. The van der Waals surface area contributed by atoms with Gasteiger partial charge < -0.3 is 9.47 Å². The van der Waals surface area contributed by atoms with Gasteiger partial charge in [0.1, 0.15) is 0 Å². The van der Waals surface area contributed by atoms with Crippen LogP contribution in [0.4, 0.5) is 0 Å². The van der Waals surface area contributed by atoms with E-state index in [1.165, 1.54) is 0 Å². The fourth-order valence-corrected chi connectivity index (χ4v) is 1.24. The molecule has 1 heterocycles. The second-order valence-electron chi connectivity index (χ2n) is 4.55. The SMILES string of the molecule is CCCC1OC(C(C)(C)C)OC1=O. The highest BCUT2D eigenvalue weighted by molar-refractivity contribution is 5.76. The lowest BCUT2D eigenvalue weighted by atomic mass is 9.96. The summed E-state index contributed by atoms with van der Waals surface area (Å²) in [6, 6.07) is 0. The molecule has 1 saturated heterocycles. The van der Waals surface area contributed by atoms with Crippen LogP contribution < -0.4 is 0 Å². The Balaban J connectivity index is 2.55. The first-order valence-corrected chi connectivity index (χ1v) is 4.81. The number of carbonyl (C=O) groups is 1. The van der Waals surface area contributed by atoms with E-state index < -0.39 is 0 Å². The van der Waals surface area contributed by atoms with Crippen molar-refractivity contribution in [2.45, 2.75) is 52.9 Å². The van der Waals surface area contributed by atoms with Crippen LogP contribution in [0.2, 0.25) is 0 Å². The largest absolute Gasteiger partial charge is 0.433 e. The summed E-state index contributed by atoms with van der Waals surface area (Å²) < 4.78 is 10.6. The molecule has 0 aliphatic carbocycles. The molecule has 1 fully saturated rings. The second kappa shape index (κ2) is 3.66. The van der Waals surface area contributed by atoms with Crippen LogP contribution >= 0.6 is 0 Å². The zero-order chi connectivity index (χ0) is 10.1. The van der Waals surface area contributed by atoms with Crippen molar-refractivity contribution >= 4 is 5.97 Å². The first-order chi connectivity index (χ1) is 5.95. The molecular weight excluding hydrogens is 168 g/mol. The Morgan fingerprint density at radius 2 is 2.00 bits per heavy atom. The lowest BCUT2D eigenvalue weighted by Gasteiger charge is -2.23. The van der Waals surface area contributed by atoms with Gasteiger partial charge in [0, 0.05) is 5.41 Å². The van der Waals surface area contributed by atoms with Crippen molar-refractivity contribution in [1.82, 2.24) is 0 Å². The Hall–Kier alpha value is -0.570. The maximum atomic E-state index is 11.3. The van der Waals surface area contributed by atoms with Gasteiger partial charge in [0.05, 0.1) is 0 Å². The molecule has 2 atom stereocenters.